The normalized spacial score (nSPS) is 10.6. The topological polar surface area (TPSA) is 33.1 Å². The van der Waals surface area contributed by atoms with E-state index < -0.39 is 5.95 Å². The fraction of sp³-hybridized carbons (Fsp3) is 0. The number of pyridine rings is 1. The molecule has 1 aromatic carbocycles. The van der Waals surface area contributed by atoms with Crippen LogP contribution in [0.4, 0.5) is 4.39 Å². The molecular formula is C15H10FNOS. The van der Waals surface area contributed by atoms with Crippen LogP contribution in [0.5, 0.6) is 5.75 Å². The summed E-state index contributed by atoms with van der Waals surface area (Å²) < 4.78 is 13.1. The second kappa shape index (κ2) is 4.82. The minimum atomic E-state index is -0.475. The number of benzene rings is 1. The number of aromatic hydroxyl groups is 1. The zero-order chi connectivity index (χ0) is 13.2. The minimum Gasteiger partial charge on any atom is -0.508 e. The molecule has 0 aliphatic rings. The summed E-state index contributed by atoms with van der Waals surface area (Å²) in [5.41, 5.74) is 1.85. The predicted octanol–water partition coefficient (Wildman–Crippen LogP) is 4.32. The second-order valence-electron chi connectivity index (χ2n) is 4.08. The fourth-order valence-corrected chi connectivity index (χ4v) is 2.84. The number of phenols is 1. The van der Waals surface area contributed by atoms with Crippen LogP contribution in [0.3, 0.4) is 0 Å². The summed E-state index contributed by atoms with van der Waals surface area (Å²) in [6, 6.07) is 14.2. The van der Waals surface area contributed by atoms with Gasteiger partial charge in [0.05, 0.1) is 0 Å². The van der Waals surface area contributed by atoms with Gasteiger partial charge in [0.25, 0.3) is 0 Å². The molecule has 19 heavy (non-hydrogen) atoms. The lowest BCUT2D eigenvalue weighted by molar-refractivity contribution is 0.475. The Morgan fingerprint density at radius 1 is 0.895 bits per heavy atom. The van der Waals surface area contributed by atoms with Gasteiger partial charge in [-0.25, -0.2) is 4.98 Å². The van der Waals surface area contributed by atoms with E-state index >= 15 is 0 Å². The molecule has 0 unspecified atom stereocenters. The molecule has 2 aromatic heterocycles. The molecule has 0 aliphatic heterocycles. The van der Waals surface area contributed by atoms with Crippen LogP contribution in [0, 0.1) is 5.95 Å². The molecular weight excluding hydrogens is 260 g/mol. The third-order valence-corrected chi connectivity index (χ3v) is 3.95. The first-order chi connectivity index (χ1) is 9.22. The molecule has 3 aromatic rings. The highest BCUT2D eigenvalue weighted by molar-refractivity contribution is 7.18. The van der Waals surface area contributed by atoms with Crippen molar-refractivity contribution in [1.82, 2.24) is 4.98 Å². The Morgan fingerprint density at radius 3 is 2.26 bits per heavy atom. The number of hydrogen-bond donors (Lipinski definition) is 1. The first-order valence-corrected chi connectivity index (χ1v) is 6.55. The lowest BCUT2D eigenvalue weighted by atomic mass is 10.2. The number of phenolic OH excluding ortho intramolecular Hbond substituents is 1. The van der Waals surface area contributed by atoms with Gasteiger partial charge < -0.3 is 5.11 Å². The van der Waals surface area contributed by atoms with Crippen LogP contribution in [0.1, 0.15) is 0 Å². The van der Waals surface area contributed by atoms with Crippen molar-refractivity contribution in [2.45, 2.75) is 0 Å². The van der Waals surface area contributed by atoms with Crippen molar-refractivity contribution < 1.29 is 9.50 Å². The number of thiophene rings is 1. The van der Waals surface area contributed by atoms with Gasteiger partial charge in [0.15, 0.2) is 0 Å². The maximum Gasteiger partial charge on any atom is 0.213 e. The van der Waals surface area contributed by atoms with Crippen LogP contribution in [0.15, 0.2) is 54.7 Å². The molecule has 2 heterocycles. The number of nitrogens with zero attached hydrogens (tertiary/aromatic N) is 1. The minimum absolute atomic E-state index is 0.247. The lowest BCUT2D eigenvalue weighted by Gasteiger charge is -1.98. The van der Waals surface area contributed by atoms with Crippen LogP contribution in [-0.4, -0.2) is 10.1 Å². The molecule has 0 amide bonds. The van der Waals surface area contributed by atoms with E-state index in [1.165, 1.54) is 12.3 Å². The van der Waals surface area contributed by atoms with E-state index in [9.17, 15) is 9.50 Å². The molecule has 0 radical (unpaired) electrons. The van der Waals surface area contributed by atoms with Gasteiger partial charge in [0, 0.05) is 22.0 Å². The van der Waals surface area contributed by atoms with Crippen LogP contribution in [0.25, 0.3) is 20.9 Å². The molecule has 0 spiro atoms. The highest BCUT2D eigenvalue weighted by Crippen LogP contribution is 2.34. The summed E-state index contributed by atoms with van der Waals surface area (Å²) in [7, 11) is 0. The average molecular weight is 270 g/mol. The zero-order valence-corrected chi connectivity index (χ0v) is 10.7. The smallest absolute Gasteiger partial charge is 0.213 e. The Kier molecular flexibility index (Phi) is 3.01. The van der Waals surface area contributed by atoms with E-state index in [0.717, 1.165) is 20.9 Å². The van der Waals surface area contributed by atoms with Crippen molar-refractivity contribution in [1.29, 1.82) is 0 Å². The van der Waals surface area contributed by atoms with E-state index in [2.05, 4.69) is 4.98 Å². The molecule has 0 atom stereocenters. The van der Waals surface area contributed by atoms with Crippen LogP contribution in [0.2, 0.25) is 0 Å². The van der Waals surface area contributed by atoms with Crippen molar-refractivity contribution in [2.24, 2.45) is 0 Å². The Bertz CT molecular complexity index is 706. The molecule has 0 saturated heterocycles. The molecule has 2 nitrogen and oxygen atoms in total. The summed E-state index contributed by atoms with van der Waals surface area (Å²) in [6.07, 6.45) is 1.46. The summed E-state index contributed by atoms with van der Waals surface area (Å²) in [5, 5.41) is 9.27. The van der Waals surface area contributed by atoms with Crippen LogP contribution < -0.4 is 0 Å². The standard InChI is InChI=1S/C15H10FNOS/c16-15-9-11(7-8-17-15)14-6-5-13(19-14)10-1-3-12(18)4-2-10/h1-9,18H/i16-1. The predicted molar refractivity (Wildman–Crippen MR) is 74.6 cm³/mol. The van der Waals surface area contributed by atoms with Crippen molar-refractivity contribution in [3.05, 3.63) is 60.7 Å². The third kappa shape index (κ3) is 2.48. The number of rotatable bonds is 2. The van der Waals surface area contributed by atoms with Gasteiger partial charge in [0.2, 0.25) is 5.95 Å². The van der Waals surface area contributed by atoms with Gasteiger partial charge in [-0.3, -0.25) is 0 Å². The zero-order valence-electron chi connectivity index (χ0n) is 9.88. The maximum absolute atomic E-state index is 13.1. The largest absolute Gasteiger partial charge is 0.508 e. The monoisotopic (exact) mass is 270 g/mol. The highest BCUT2D eigenvalue weighted by Gasteiger charge is 2.06. The molecule has 0 fully saturated rings. The lowest BCUT2D eigenvalue weighted by Crippen LogP contribution is -1.80. The van der Waals surface area contributed by atoms with Gasteiger partial charge in [-0.2, -0.15) is 4.39 Å². The van der Waals surface area contributed by atoms with E-state index in [4.69, 9.17) is 0 Å². The quantitative estimate of drug-likeness (QED) is 0.703. The van der Waals surface area contributed by atoms with E-state index in [-0.39, 0.29) is 5.75 Å². The molecule has 0 saturated carbocycles. The van der Waals surface area contributed by atoms with Crippen LogP contribution >= 0.6 is 11.3 Å². The summed E-state index contributed by atoms with van der Waals surface area (Å²) in [6.45, 7) is 0. The van der Waals surface area contributed by atoms with Crippen molar-refractivity contribution in [3.8, 4) is 26.6 Å². The van der Waals surface area contributed by atoms with Crippen molar-refractivity contribution in [3.63, 3.8) is 0 Å². The SMILES string of the molecule is Oc1ccc(-c2ccc(-c3ccnc([18F])c3)s2)cc1. The van der Waals surface area contributed by atoms with Gasteiger partial charge in [-0.15, -0.1) is 11.3 Å². The number of aromatic nitrogens is 1. The molecule has 3 rings (SSSR count). The van der Waals surface area contributed by atoms with Crippen molar-refractivity contribution in [2.75, 3.05) is 0 Å². The summed E-state index contributed by atoms with van der Waals surface area (Å²) in [5.74, 6) is -0.228. The third-order valence-electron chi connectivity index (χ3n) is 2.77. The molecule has 0 bridgehead atoms. The van der Waals surface area contributed by atoms with E-state index in [1.807, 2.05) is 24.3 Å². The maximum atomic E-state index is 13.1. The summed E-state index contributed by atoms with van der Waals surface area (Å²) in [4.78, 5) is 5.62. The molecule has 94 valence electrons. The molecule has 4 heteroatoms. The van der Waals surface area contributed by atoms with E-state index in [1.54, 1.807) is 29.5 Å². The van der Waals surface area contributed by atoms with Crippen LogP contribution in [-0.2, 0) is 0 Å². The second-order valence-corrected chi connectivity index (χ2v) is 5.16. The van der Waals surface area contributed by atoms with Gasteiger partial charge in [0.1, 0.15) is 5.75 Å². The Labute approximate surface area is 113 Å². The fourth-order valence-electron chi connectivity index (χ4n) is 1.83. The Balaban J connectivity index is 1.97. The molecule has 1 N–H and O–H groups in total. The first-order valence-electron chi connectivity index (χ1n) is 5.73. The highest BCUT2D eigenvalue weighted by atomic mass is 32.1. The first kappa shape index (κ1) is 11.9. The number of hydrogen-bond acceptors (Lipinski definition) is 3. The molecule has 0 aliphatic carbocycles. The Hall–Kier alpha value is -2.20. The van der Waals surface area contributed by atoms with E-state index in [0.29, 0.717) is 0 Å². The van der Waals surface area contributed by atoms with Gasteiger partial charge in [-0.05, 0) is 53.6 Å². The number of halogens is 1. The summed E-state index contributed by atoms with van der Waals surface area (Å²) >= 11 is 1.58. The average Bonchev–Trinajstić information content (AvgIpc) is 2.89. The van der Waals surface area contributed by atoms with Gasteiger partial charge in [-0.1, -0.05) is 0 Å². The van der Waals surface area contributed by atoms with Crippen molar-refractivity contribution >= 4 is 11.3 Å². The van der Waals surface area contributed by atoms with Gasteiger partial charge >= 0.3 is 0 Å². The Morgan fingerprint density at radius 2 is 1.58 bits per heavy atom.